The van der Waals surface area contributed by atoms with E-state index in [4.69, 9.17) is 20.3 Å². The first-order valence-electron chi connectivity index (χ1n) is 14.8. The van der Waals surface area contributed by atoms with Gasteiger partial charge in [0, 0.05) is 25.3 Å². The van der Waals surface area contributed by atoms with E-state index in [1.165, 1.54) is 20.1 Å². The lowest BCUT2D eigenvalue weighted by molar-refractivity contribution is -0.985. The topological polar surface area (TPSA) is 272 Å². The maximum absolute atomic E-state index is 13.4. The highest BCUT2D eigenvalue weighted by Gasteiger charge is 2.58. The Morgan fingerprint density at radius 1 is 1.11 bits per heavy atom. The Morgan fingerprint density at radius 2 is 1.77 bits per heavy atom. The average Bonchev–Trinajstić information content (AvgIpc) is 3.43. The van der Waals surface area contributed by atoms with Crippen LogP contribution in [0.1, 0.15) is 49.9 Å². The van der Waals surface area contributed by atoms with Gasteiger partial charge in [0.1, 0.15) is 30.0 Å². The zero-order valence-electron chi connectivity index (χ0n) is 26.2. The molecule has 3 rings (SSSR count). The second kappa shape index (κ2) is 16.2. The number of methoxy groups -OCH3 is 1. The molecule has 1 aromatic carbocycles. The highest BCUT2D eigenvalue weighted by Crippen LogP contribution is 2.37. The van der Waals surface area contributed by atoms with Gasteiger partial charge in [-0.1, -0.05) is 6.92 Å². The van der Waals surface area contributed by atoms with E-state index in [0.717, 1.165) is 6.07 Å². The minimum atomic E-state index is -3.77. The van der Waals surface area contributed by atoms with Crippen molar-refractivity contribution in [1.29, 1.82) is 0 Å². The molecule has 17 nitrogen and oxygen atoms in total. The molecule has 2 aliphatic heterocycles. The highest BCUT2D eigenvalue weighted by atomic mass is 35.5. The minimum Gasteiger partial charge on any atom is -1.00 e. The lowest BCUT2D eigenvalue weighted by atomic mass is 9.94. The van der Waals surface area contributed by atoms with Crippen LogP contribution in [-0.4, -0.2) is 137 Å². The zero-order chi connectivity index (χ0) is 34.6. The lowest BCUT2D eigenvalue weighted by Gasteiger charge is -2.51. The van der Waals surface area contributed by atoms with Crippen LogP contribution in [0.3, 0.4) is 0 Å². The van der Waals surface area contributed by atoms with Crippen molar-refractivity contribution in [1.82, 2.24) is 10.6 Å². The summed E-state index contributed by atoms with van der Waals surface area (Å²) >= 11 is 0. The summed E-state index contributed by atoms with van der Waals surface area (Å²) in [4.78, 5) is 48.8. The maximum Gasteiger partial charge on any atom is 0.326 e. The fourth-order valence-electron chi connectivity index (χ4n) is 6.21. The molecule has 0 bridgehead atoms. The molecule has 2 saturated heterocycles. The molecule has 8 unspecified atom stereocenters. The first kappa shape index (κ1) is 39.9. The molecule has 2 amide bonds. The van der Waals surface area contributed by atoms with Gasteiger partial charge in [-0.2, -0.15) is 0 Å². The van der Waals surface area contributed by atoms with Gasteiger partial charge in [0.15, 0.2) is 22.0 Å². The fraction of sp³-hybridized carbons (Fsp3) is 0.643. The molecule has 19 heteroatoms. The normalized spacial score (nSPS) is 28.0. The number of rotatable bonds is 14. The van der Waals surface area contributed by atoms with Gasteiger partial charge in [0.05, 0.1) is 48.6 Å². The number of halogens is 1. The van der Waals surface area contributed by atoms with Crippen LogP contribution in [0.2, 0.25) is 0 Å². The monoisotopic (exact) mass is 710 g/mol. The van der Waals surface area contributed by atoms with Crippen LogP contribution in [0.4, 0.5) is 5.69 Å². The third-order valence-corrected chi connectivity index (χ3v) is 10.6. The number of likely N-dealkylation sites (N-methyl/N-ethyl adjacent to an activating group) is 1. The van der Waals surface area contributed by atoms with E-state index in [1.807, 2.05) is 0 Å². The molecule has 2 heterocycles. The summed E-state index contributed by atoms with van der Waals surface area (Å²) in [5, 5.41) is 55.7. The summed E-state index contributed by atoms with van der Waals surface area (Å²) in [6, 6.07) is 0.333. The van der Waals surface area contributed by atoms with E-state index in [-0.39, 0.29) is 51.1 Å². The van der Waals surface area contributed by atoms with E-state index < -0.39 is 89.2 Å². The van der Waals surface area contributed by atoms with Gasteiger partial charge < -0.3 is 63.8 Å². The number of anilines is 1. The number of carbonyl (C=O) groups excluding carboxylic acids is 2. The number of ether oxygens (including phenoxy) is 2. The number of benzene rings is 1. The number of nitrogens with one attached hydrogen (secondary N) is 2. The van der Waals surface area contributed by atoms with Gasteiger partial charge in [0.2, 0.25) is 6.23 Å². The Morgan fingerprint density at radius 3 is 2.32 bits per heavy atom. The van der Waals surface area contributed by atoms with Crippen molar-refractivity contribution in [2.24, 2.45) is 0 Å². The summed E-state index contributed by atoms with van der Waals surface area (Å²) in [6.45, 7) is 3.89. The molecule has 0 radical (unpaired) electrons. The van der Waals surface area contributed by atoms with Crippen molar-refractivity contribution in [3.63, 3.8) is 0 Å². The van der Waals surface area contributed by atoms with E-state index in [2.05, 4.69) is 10.6 Å². The molecule has 8 atom stereocenters. The second-order valence-corrected chi connectivity index (χ2v) is 13.6. The summed E-state index contributed by atoms with van der Waals surface area (Å²) in [5.41, 5.74) is 5.77. The van der Waals surface area contributed by atoms with E-state index >= 15 is 0 Å². The van der Waals surface area contributed by atoms with Gasteiger partial charge in [-0.05, 0) is 19.4 Å². The minimum absolute atomic E-state index is 0. The number of likely N-dealkylation sites (tertiary alicyclic amines) is 1. The molecular formula is C28H43ClN4O13S. The number of nitrogen functional groups attached to an aromatic ring is 1. The first-order chi connectivity index (χ1) is 21.5. The smallest absolute Gasteiger partial charge is 0.326 e. The number of amides is 2. The van der Waals surface area contributed by atoms with Gasteiger partial charge in [0.25, 0.3) is 11.8 Å². The van der Waals surface area contributed by atoms with Crippen molar-refractivity contribution < 1.29 is 79.5 Å². The Labute approximate surface area is 277 Å². The Hall–Kier alpha value is -3.26. The first-order valence-corrected chi connectivity index (χ1v) is 16.5. The van der Waals surface area contributed by atoms with Crippen LogP contribution in [0.15, 0.2) is 17.0 Å². The number of hydrogen-bond acceptors (Lipinski definition) is 12. The number of carboxylic acid groups (broad SMARTS) is 2. The molecular weight excluding hydrogens is 668 g/mol. The predicted molar refractivity (Wildman–Crippen MR) is 159 cm³/mol. The Balaban J connectivity index is 0.00000768. The molecule has 9 N–H and O–H groups in total. The van der Waals surface area contributed by atoms with Gasteiger partial charge in [-0.3, -0.25) is 18.9 Å². The standard InChI is InChI=1S/C28H42N4O13S.ClH/c1-4-32(27-23(37)21(35)22(36)24(45-27)26(39)31-17(28(40)41)8-9-20(33)34)10-6-7-14(32)13-30-25(38)15-11-19(46(42,43)5-2)16(29)12-18(15)44-3;/h11-12,14,17,21-24,27,35-37H,4-10,13H2,1-3H3,(H5-,29,30,31,33,34,38,39,40,41);1H. The van der Waals surface area contributed by atoms with E-state index in [1.54, 1.807) is 6.92 Å². The van der Waals surface area contributed by atoms with Crippen molar-refractivity contribution in [3.8, 4) is 5.75 Å². The molecule has 0 aliphatic carbocycles. The average molecular weight is 711 g/mol. The van der Waals surface area contributed by atoms with Crippen LogP contribution in [-0.2, 0) is 29.0 Å². The summed E-state index contributed by atoms with van der Waals surface area (Å²) in [5.74, 6) is -4.77. The van der Waals surface area contributed by atoms with Crippen LogP contribution in [0.5, 0.6) is 5.75 Å². The number of nitrogens with two attached hydrogens (primary N) is 1. The van der Waals surface area contributed by atoms with Gasteiger partial charge >= 0.3 is 11.9 Å². The molecule has 2 aliphatic rings. The van der Waals surface area contributed by atoms with Crippen molar-refractivity contribution >= 4 is 39.3 Å². The summed E-state index contributed by atoms with van der Waals surface area (Å²) in [6.07, 6.45) is -8.50. The number of aliphatic hydroxyl groups is 3. The number of nitrogens with zero attached hydrogens (tertiary/aromatic N) is 1. The second-order valence-electron chi connectivity index (χ2n) is 11.4. The quantitative estimate of drug-likeness (QED) is 0.0664. The number of carboxylic acids is 2. The van der Waals surface area contributed by atoms with Crippen LogP contribution >= 0.6 is 0 Å². The maximum atomic E-state index is 13.4. The molecule has 0 aromatic heterocycles. The number of aliphatic hydroxyl groups excluding tert-OH is 3. The highest BCUT2D eigenvalue weighted by molar-refractivity contribution is 7.91. The number of hydrogen-bond donors (Lipinski definition) is 8. The molecule has 2 fully saturated rings. The summed E-state index contributed by atoms with van der Waals surface area (Å²) < 4.78 is 36.3. The van der Waals surface area contributed by atoms with Gasteiger partial charge in [-0.25, -0.2) is 13.2 Å². The third-order valence-electron chi connectivity index (χ3n) is 8.83. The largest absolute Gasteiger partial charge is 1.00 e. The molecule has 266 valence electrons. The number of carbonyl (C=O) groups is 4. The number of aliphatic carboxylic acids is 2. The van der Waals surface area contributed by atoms with Crippen LogP contribution in [0.25, 0.3) is 0 Å². The number of sulfone groups is 1. The van der Waals surface area contributed by atoms with Crippen LogP contribution in [0, 0.1) is 0 Å². The predicted octanol–water partition coefficient (Wildman–Crippen LogP) is -4.95. The van der Waals surface area contributed by atoms with E-state index in [0.29, 0.717) is 25.9 Å². The Bertz CT molecular complexity index is 1430. The van der Waals surface area contributed by atoms with Gasteiger partial charge in [-0.15, -0.1) is 0 Å². The van der Waals surface area contributed by atoms with E-state index in [9.17, 15) is 48.0 Å². The SMILES string of the molecule is CC[N+]1(C2OC(C(=O)NC(CCC(=O)O)C(=O)O)C(O)C(O)C2O)CCCC1CNC(=O)c1cc(S(=O)(=O)CC)c(N)cc1OC.[Cl-]. The van der Waals surface area contributed by atoms with Crippen LogP contribution < -0.4 is 33.5 Å². The molecule has 1 aromatic rings. The molecule has 0 saturated carbocycles. The van der Waals surface area contributed by atoms with Crippen molar-refractivity contribution in [3.05, 3.63) is 17.7 Å². The fourth-order valence-corrected chi connectivity index (χ4v) is 7.24. The van der Waals surface area contributed by atoms with Crippen molar-refractivity contribution in [2.75, 3.05) is 38.2 Å². The number of quaternary nitrogens is 1. The Kier molecular flexibility index (Phi) is 13.8. The lowest BCUT2D eigenvalue weighted by Crippen LogP contribution is -3.00. The molecule has 47 heavy (non-hydrogen) atoms. The zero-order valence-corrected chi connectivity index (χ0v) is 27.7. The van der Waals surface area contributed by atoms with Crippen molar-refractivity contribution in [2.45, 2.75) is 87.2 Å². The summed E-state index contributed by atoms with van der Waals surface area (Å²) in [7, 11) is -2.47. The molecule has 0 spiro atoms. The third kappa shape index (κ3) is 8.43.